The van der Waals surface area contributed by atoms with Crippen LogP contribution in [0.5, 0.6) is 0 Å². The third-order valence-electron chi connectivity index (χ3n) is 4.05. The second-order valence-electron chi connectivity index (χ2n) is 5.74. The topological polar surface area (TPSA) is 101 Å². The van der Waals surface area contributed by atoms with Crippen LogP contribution >= 0.6 is 0 Å². The number of anilines is 1. The van der Waals surface area contributed by atoms with E-state index in [-0.39, 0.29) is 16.3 Å². The molecule has 3 aromatic rings. The van der Waals surface area contributed by atoms with Crippen molar-refractivity contribution in [2.24, 2.45) is 7.05 Å². The molecule has 3 rings (SSSR count). The molecule has 0 atom stereocenters. The van der Waals surface area contributed by atoms with E-state index in [1.54, 1.807) is 20.0 Å². The SMILES string of the molecule is Cc1ncc(S(=O)(=O)Nc2cc(-c3ccccc3)ccc2C(=O)O)n1C. The van der Waals surface area contributed by atoms with Crippen LogP contribution in [0.15, 0.2) is 59.8 Å². The van der Waals surface area contributed by atoms with E-state index in [1.165, 1.54) is 22.9 Å². The maximum absolute atomic E-state index is 12.7. The van der Waals surface area contributed by atoms with Gasteiger partial charge in [0.15, 0.2) is 5.03 Å². The molecule has 0 fully saturated rings. The molecular weight excluding hydrogens is 354 g/mol. The zero-order valence-electron chi connectivity index (χ0n) is 14.2. The molecule has 26 heavy (non-hydrogen) atoms. The molecule has 0 saturated carbocycles. The highest BCUT2D eigenvalue weighted by Gasteiger charge is 2.22. The van der Waals surface area contributed by atoms with Gasteiger partial charge in [-0.1, -0.05) is 36.4 Å². The molecule has 0 unspecified atom stereocenters. The van der Waals surface area contributed by atoms with Crippen molar-refractivity contribution in [2.75, 3.05) is 4.72 Å². The Kier molecular flexibility index (Phi) is 4.52. The van der Waals surface area contributed by atoms with Crippen molar-refractivity contribution in [3.8, 4) is 11.1 Å². The quantitative estimate of drug-likeness (QED) is 0.718. The second kappa shape index (κ2) is 6.64. The van der Waals surface area contributed by atoms with Crippen LogP contribution in [-0.2, 0) is 17.1 Å². The Morgan fingerprint density at radius 1 is 1.12 bits per heavy atom. The Balaban J connectivity index is 2.08. The minimum absolute atomic E-state index is 0.00212. The fourth-order valence-electron chi connectivity index (χ4n) is 2.55. The van der Waals surface area contributed by atoms with E-state index in [2.05, 4.69) is 9.71 Å². The number of carboxylic acid groups (broad SMARTS) is 1. The van der Waals surface area contributed by atoms with Gasteiger partial charge >= 0.3 is 5.97 Å². The Morgan fingerprint density at radius 2 is 1.81 bits per heavy atom. The average Bonchev–Trinajstić information content (AvgIpc) is 2.95. The molecule has 0 aliphatic heterocycles. The third-order valence-corrected chi connectivity index (χ3v) is 5.47. The Labute approximate surface area is 151 Å². The Bertz CT molecular complexity index is 1070. The van der Waals surface area contributed by atoms with Gasteiger partial charge in [-0.15, -0.1) is 0 Å². The molecule has 0 saturated heterocycles. The van der Waals surface area contributed by atoms with Crippen molar-refractivity contribution in [2.45, 2.75) is 11.9 Å². The number of aryl methyl sites for hydroxylation is 1. The minimum atomic E-state index is -3.99. The smallest absolute Gasteiger partial charge is 0.337 e. The number of imidazole rings is 1. The maximum Gasteiger partial charge on any atom is 0.337 e. The summed E-state index contributed by atoms with van der Waals surface area (Å²) >= 11 is 0. The van der Waals surface area contributed by atoms with Gasteiger partial charge in [0.05, 0.1) is 17.4 Å². The van der Waals surface area contributed by atoms with Crippen molar-refractivity contribution in [1.82, 2.24) is 9.55 Å². The number of hydrogen-bond donors (Lipinski definition) is 2. The van der Waals surface area contributed by atoms with Gasteiger partial charge in [0.2, 0.25) is 0 Å². The Hall–Kier alpha value is -3.13. The van der Waals surface area contributed by atoms with Crippen LogP contribution in [-0.4, -0.2) is 29.0 Å². The van der Waals surface area contributed by atoms with E-state index in [4.69, 9.17) is 0 Å². The molecule has 1 heterocycles. The summed E-state index contributed by atoms with van der Waals surface area (Å²) in [7, 11) is -2.41. The van der Waals surface area contributed by atoms with Gasteiger partial charge < -0.3 is 9.67 Å². The summed E-state index contributed by atoms with van der Waals surface area (Å²) in [6.07, 6.45) is 1.24. The standard InChI is InChI=1S/C18H17N3O4S/c1-12-19-11-17(21(12)2)26(24,25)20-16-10-14(8-9-15(16)18(22)23)13-6-4-3-5-7-13/h3-11,20H,1-2H3,(H,22,23). The number of nitrogens with one attached hydrogen (secondary N) is 1. The summed E-state index contributed by atoms with van der Waals surface area (Å²) in [6, 6.07) is 13.8. The number of carboxylic acids is 1. The number of hydrogen-bond acceptors (Lipinski definition) is 4. The lowest BCUT2D eigenvalue weighted by atomic mass is 10.0. The van der Waals surface area contributed by atoms with Crippen LogP contribution in [0.4, 0.5) is 5.69 Å². The van der Waals surface area contributed by atoms with E-state index >= 15 is 0 Å². The Morgan fingerprint density at radius 3 is 2.38 bits per heavy atom. The first-order valence-electron chi connectivity index (χ1n) is 7.73. The number of sulfonamides is 1. The summed E-state index contributed by atoms with van der Waals surface area (Å²) in [6.45, 7) is 1.68. The van der Waals surface area contributed by atoms with Crippen LogP contribution in [0.3, 0.4) is 0 Å². The monoisotopic (exact) mass is 371 g/mol. The summed E-state index contributed by atoms with van der Waals surface area (Å²) in [4.78, 5) is 15.5. The lowest BCUT2D eigenvalue weighted by Crippen LogP contribution is -2.18. The summed E-state index contributed by atoms with van der Waals surface area (Å²) in [5.74, 6) is -0.689. The van der Waals surface area contributed by atoms with E-state index in [0.717, 1.165) is 5.56 Å². The summed E-state index contributed by atoms with van der Waals surface area (Å²) in [5, 5.41) is 9.36. The minimum Gasteiger partial charge on any atom is -0.478 e. The largest absolute Gasteiger partial charge is 0.478 e. The zero-order chi connectivity index (χ0) is 18.9. The van der Waals surface area contributed by atoms with Gasteiger partial charge in [-0.25, -0.2) is 9.78 Å². The predicted octanol–water partition coefficient (Wildman–Crippen LogP) is 2.89. The van der Waals surface area contributed by atoms with Crippen LogP contribution < -0.4 is 4.72 Å². The first-order chi connectivity index (χ1) is 12.3. The van der Waals surface area contributed by atoms with Crippen molar-refractivity contribution >= 4 is 21.7 Å². The van der Waals surface area contributed by atoms with Gasteiger partial charge in [-0.3, -0.25) is 4.72 Å². The number of carbonyl (C=O) groups is 1. The molecule has 0 aliphatic rings. The van der Waals surface area contributed by atoms with Crippen LogP contribution in [0.2, 0.25) is 0 Å². The van der Waals surface area contributed by atoms with Crippen molar-refractivity contribution < 1.29 is 18.3 Å². The van der Waals surface area contributed by atoms with Crippen LogP contribution in [0, 0.1) is 6.92 Å². The fraction of sp³-hybridized carbons (Fsp3) is 0.111. The molecule has 2 aromatic carbocycles. The number of nitrogens with zero attached hydrogens (tertiary/aromatic N) is 2. The molecule has 134 valence electrons. The van der Waals surface area contributed by atoms with Gasteiger partial charge in [-0.2, -0.15) is 8.42 Å². The summed E-state index contributed by atoms with van der Waals surface area (Å²) in [5.41, 5.74) is 1.42. The third kappa shape index (κ3) is 3.31. The highest BCUT2D eigenvalue weighted by Crippen LogP contribution is 2.27. The van der Waals surface area contributed by atoms with E-state index in [9.17, 15) is 18.3 Å². The molecule has 0 radical (unpaired) electrons. The van der Waals surface area contributed by atoms with Gasteiger partial charge in [0.1, 0.15) is 5.82 Å². The molecule has 1 aromatic heterocycles. The van der Waals surface area contributed by atoms with Crippen molar-refractivity contribution in [3.63, 3.8) is 0 Å². The molecular formula is C18H17N3O4S. The summed E-state index contributed by atoms with van der Waals surface area (Å²) < 4.78 is 29.2. The molecule has 7 nitrogen and oxygen atoms in total. The fourth-order valence-corrected chi connectivity index (χ4v) is 3.80. The van der Waals surface area contributed by atoms with Gasteiger partial charge in [0, 0.05) is 7.05 Å². The number of aromatic nitrogens is 2. The predicted molar refractivity (Wildman–Crippen MR) is 97.6 cm³/mol. The number of rotatable bonds is 5. The highest BCUT2D eigenvalue weighted by molar-refractivity contribution is 7.92. The first kappa shape index (κ1) is 17.7. The number of benzene rings is 2. The van der Waals surface area contributed by atoms with Crippen molar-refractivity contribution in [1.29, 1.82) is 0 Å². The number of aromatic carboxylic acids is 1. The molecule has 0 amide bonds. The van der Waals surface area contributed by atoms with Crippen LogP contribution in [0.25, 0.3) is 11.1 Å². The highest BCUT2D eigenvalue weighted by atomic mass is 32.2. The molecule has 0 aliphatic carbocycles. The van der Waals surface area contributed by atoms with Crippen LogP contribution in [0.1, 0.15) is 16.2 Å². The zero-order valence-corrected chi connectivity index (χ0v) is 15.0. The van der Waals surface area contributed by atoms with E-state index in [0.29, 0.717) is 11.4 Å². The molecule has 0 spiro atoms. The average molecular weight is 371 g/mol. The molecule has 2 N–H and O–H groups in total. The molecule has 0 bridgehead atoms. The maximum atomic E-state index is 12.7. The van der Waals surface area contributed by atoms with E-state index in [1.807, 2.05) is 30.3 Å². The lowest BCUT2D eigenvalue weighted by molar-refractivity contribution is 0.0698. The normalized spacial score (nSPS) is 11.3. The first-order valence-corrected chi connectivity index (χ1v) is 9.22. The van der Waals surface area contributed by atoms with Gasteiger partial charge in [-0.05, 0) is 30.2 Å². The molecule has 8 heteroatoms. The lowest BCUT2D eigenvalue weighted by Gasteiger charge is -2.13. The van der Waals surface area contributed by atoms with Crippen molar-refractivity contribution in [3.05, 3.63) is 66.1 Å². The van der Waals surface area contributed by atoms with Gasteiger partial charge in [0.25, 0.3) is 10.0 Å². The van der Waals surface area contributed by atoms with E-state index < -0.39 is 16.0 Å². The second-order valence-corrected chi connectivity index (χ2v) is 7.37.